The summed E-state index contributed by atoms with van der Waals surface area (Å²) >= 11 is 0. The van der Waals surface area contributed by atoms with Crippen LogP contribution in [0.1, 0.15) is 19.8 Å². The molecular weight excluding hydrogens is 204 g/mol. The number of carbonyl (C=O) groups excluding carboxylic acids is 1. The van der Waals surface area contributed by atoms with Gasteiger partial charge in [0, 0.05) is 19.6 Å². The maximum Gasteiger partial charge on any atom is 0.236 e. The Hall–Kier alpha value is -0.870. The summed E-state index contributed by atoms with van der Waals surface area (Å²) < 4.78 is 5.31. The molecule has 1 fully saturated rings. The molecule has 0 radical (unpaired) electrons. The highest BCUT2D eigenvalue weighted by atomic mass is 16.5. The standard InChI is InChI=1S/C12H22N2O2/c1-10(2)9-16-7-6-13-8-12(15)14(3)11-4-5-11/h11,13H,1,4-9H2,2-3H3. The van der Waals surface area contributed by atoms with Crippen LogP contribution in [0.3, 0.4) is 0 Å². The predicted octanol–water partition coefficient (Wildman–Crippen LogP) is 0.790. The fourth-order valence-electron chi connectivity index (χ4n) is 1.38. The SMILES string of the molecule is C=C(C)COCCNCC(=O)N(C)C1CC1. The predicted molar refractivity (Wildman–Crippen MR) is 64.3 cm³/mol. The number of amides is 1. The van der Waals surface area contributed by atoms with Gasteiger partial charge in [-0.25, -0.2) is 0 Å². The quantitative estimate of drug-likeness (QED) is 0.491. The molecule has 4 heteroatoms. The molecule has 4 nitrogen and oxygen atoms in total. The van der Waals surface area contributed by atoms with Crippen molar-refractivity contribution in [2.24, 2.45) is 0 Å². The zero-order valence-electron chi connectivity index (χ0n) is 10.3. The highest BCUT2D eigenvalue weighted by Gasteiger charge is 2.28. The Kier molecular flexibility index (Phi) is 5.49. The van der Waals surface area contributed by atoms with Crippen LogP contribution in [0.5, 0.6) is 0 Å². The summed E-state index contributed by atoms with van der Waals surface area (Å²) in [4.78, 5) is 13.4. The van der Waals surface area contributed by atoms with Gasteiger partial charge in [0.2, 0.25) is 5.91 Å². The van der Waals surface area contributed by atoms with Gasteiger partial charge in [-0.05, 0) is 19.8 Å². The van der Waals surface area contributed by atoms with Gasteiger partial charge in [0.05, 0.1) is 19.8 Å². The Morgan fingerprint density at radius 1 is 1.56 bits per heavy atom. The summed E-state index contributed by atoms with van der Waals surface area (Å²) in [5.41, 5.74) is 1.02. The van der Waals surface area contributed by atoms with Gasteiger partial charge in [0.1, 0.15) is 0 Å². The smallest absolute Gasteiger partial charge is 0.236 e. The van der Waals surface area contributed by atoms with Gasteiger partial charge in [-0.15, -0.1) is 0 Å². The topological polar surface area (TPSA) is 41.6 Å². The zero-order chi connectivity index (χ0) is 12.0. The lowest BCUT2D eigenvalue weighted by Gasteiger charge is -2.16. The molecular formula is C12H22N2O2. The van der Waals surface area contributed by atoms with Crippen molar-refractivity contribution in [1.29, 1.82) is 0 Å². The van der Waals surface area contributed by atoms with Crippen LogP contribution in [-0.4, -0.2) is 50.2 Å². The van der Waals surface area contributed by atoms with Gasteiger partial charge in [0.25, 0.3) is 0 Å². The summed E-state index contributed by atoms with van der Waals surface area (Å²) in [5, 5.41) is 3.08. The lowest BCUT2D eigenvalue weighted by molar-refractivity contribution is -0.129. The molecule has 0 atom stereocenters. The van der Waals surface area contributed by atoms with Gasteiger partial charge in [-0.3, -0.25) is 4.79 Å². The summed E-state index contributed by atoms with van der Waals surface area (Å²) in [7, 11) is 1.87. The summed E-state index contributed by atoms with van der Waals surface area (Å²) in [5.74, 6) is 0.169. The van der Waals surface area contributed by atoms with E-state index in [0.717, 1.165) is 18.4 Å². The van der Waals surface area contributed by atoms with E-state index in [4.69, 9.17) is 4.74 Å². The molecule has 1 rings (SSSR count). The highest BCUT2D eigenvalue weighted by molar-refractivity contribution is 5.78. The molecule has 0 heterocycles. The monoisotopic (exact) mass is 226 g/mol. The summed E-state index contributed by atoms with van der Waals surface area (Å²) in [6, 6.07) is 0.494. The largest absolute Gasteiger partial charge is 0.376 e. The van der Waals surface area contributed by atoms with Crippen LogP contribution in [0.4, 0.5) is 0 Å². The zero-order valence-corrected chi connectivity index (χ0v) is 10.3. The Morgan fingerprint density at radius 2 is 2.25 bits per heavy atom. The Labute approximate surface area is 97.6 Å². The average molecular weight is 226 g/mol. The van der Waals surface area contributed by atoms with Crippen LogP contribution in [-0.2, 0) is 9.53 Å². The molecule has 1 aliphatic carbocycles. The molecule has 1 amide bonds. The first kappa shape index (κ1) is 13.2. The minimum atomic E-state index is 0.169. The van der Waals surface area contributed by atoms with E-state index in [1.807, 2.05) is 18.9 Å². The van der Waals surface area contributed by atoms with Crippen molar-refractivity contribution in [3.05, 3.63) is 12.2 Å². The van der Waals surface area contributed by atoms with Gasteiger partial charge in [-0.1, -0.05) is 12.2 Å². The van der Waals surface area contributed by atoms with Crippen LogP contribution in [0.25, 0.3) is 0 Å². The Balaban J connectivity index is 1.93. The third-order valence-corrected chi connectivity index (χ3v) is 2.54. The van der Waals surface area contributed by atoms with E-state index in [0.29, 0.717) is 32.3 Å². The van der Waals surface area contributed by atoms with Crippen molar-refractivity contribution in [1.82, 2.24) is 10.2 Å². The minimum Gasteiger partial charge on any atom is -0.376 e. The number of rotatable bonds is 8. The second-order valence-electron chi connectivity index (χ2n) is 4.42. The molecule has 1 saturated carbocycles. The van der Waals surface area contributed by atoms with Gasteiger partial charge in [0.15, 0.2) is 0 Å². The first-order chi connectivity index (χ1) is 7.61. The summed E-state index contributed by atoms with van der Waals surface area (Å²) in [6.45, 7) is 8.00. The van der Waals surface area contributed by atoms with E-state index in [2.05, 4.69) is 11.9 Å². The van der Waals surface area contributed by atoms with Crippen molar-refractivity contribution in [3.8, 4) is 0 Å². The molecule has 0 bridgehead atoms. The number of nitrogens with zero attached hydrogens (tertiary/aromatic N) is 1. The molecule has 92 valence electrons. The first-order valence-electron chi connectivity index (χ1n) is 5.79. The third kappa shape index (κ3) is 5.28. The molecule has 0 aromatic carbocycles. The fraction of sp³-hybridized carbons (Fsp3) is 0.750. The summed E-state index contributed by atoms with van der Waals surface area (Å²) in [6.07, 6.45) is 2.31. The maximum atomic E-state index is 11.6. The van der Waals surface area contributed by atoms with Crippen molar-refractivity contribution < 1.29 is 9.53 Å². The molecule has 1 aliphatic rings. The van der Waals surface area contributed by atoms with Crippen LogP contribution < -0.4 is 5.32 Å². The van der Waals surface area contributed by atoms with E-state index in [1.165, 1.54) is 0 Å². The lowest BCUT2D eigenvalue weighted by atomic mass is 10.4. The molecule has 0 aromatic rings. The highest BCUT2D eigenvalue weighted by Crippen LogP contribution is 2.24. The second kappa shape index (κ2) is 6.66. The molecule has 0 spiro atoms. The van der Waals surface area contributed by atoms with Gasteiger partial charge in [-0.2, -0.15) is 0 Å². The van der Waals surface area contributed by atoms with E-state index < -0.39 is 0 Å². The molecule has 16 heavy (non-hydrogen) atoms. The minimum absolute atomic E-state index is 0.169. The van der Waals surface area contributed by atoms with Gasteiger partial charge >= 0.3 is 0 Å². The number of hydrogen-bond acceptors (Lipinski definition) is 3. The molecule has 0 saturated heterocycles. The number of nitrogens with one attached hydrogen (secondary N) is 1. The third-order valence-electron chi connectivity index (χ3n) is 2.54. The van der Waals surface area contributed by atoms with E-state index >= 15 is 0 Å². The number of carbonyl (C=O) groups is 1. The Morgan fingerprint density at radius 3 is 2.81 bits per heavy atom. The second-order valence-corrected chi connectivity index (χ2v) is 4.42. The van der Waals surface area contributed by atoms with Gasteiger partial charge < -0.3 is 15.0 Å². The number of ether oxygens (including phenoxy) is 1. The van der Waals surface area contributed by atoms with Crippen molar-refractivity contribution >= 4 is 5.91 Å². The Bertz CT molecular complexity index is 249. The van der Waals surface area contributed by atoms with Crippen LogP contribution in [0, 0.1) is 0 Å². The molecule has 0 unspecified atom stereocenters. The van der Waals surface area contributed by atoms with E-state index in [1.54, 1.807) is 0 Å². The molecule has 1 N–H and O–H groups in total. The normalized spacial score (nSPS) is 14.9. The number of likely N-dealkylation sites (N-methyl/N-ethyl adjacent to an activating group) is 1. The van der Waals surface area contributed by atoms with Crippen LogP contribution in [0.15, 0.2) is 12.2 Å². The fourth-order valence-corrected chi connectivity index (χ4v) is 1.38. The molecule has 0 aromatic heterocycles. The van der Waals surface area contributed by atoms with Crippen molar-refractivity contribution in [2.45, 2.75) is 25.8 Å². The maximum absolute atomic E-state index is 11.6. The van der Waals surface area contributed by atoms with Crippen LogP contribution in [0.2, 0.25) is 0 Å². The first-order valence-corrected chi connectivity index (χ1v) is 5.79. The van der Waals surface area contributed by atoms with Crippen molar-refractivity contribution in [3.63, 3.8) is 0 Å². The van der Waals surface area contributed by atoms with E-state index in [-0.39, 0.29) is 5.91 Å². The number of hydrogen-bond donors (Lipinski definition) is 1. The van der Waals surface area contributed by atoms with Crippen molar-refractivity contribution in [2.75, 3.05) is 33.4 Å². The average Bonchev–Trinajstić information content (AvgIpc) is 3.05. The van der Waals surface area contributed by atoms with E-state index in [9.17, 15) is 4.79 Å². The lowest BCUT2D eigenvalue weighted by Crippen LogP contribution is -2.37. The van der Waals surface area contributed by atoms with Crippen LogP contribution >= 0.6 is 0 Å². The molecule has 0 aliphatic heterocycles.